The summed E-state index contributed by atoms with van der Waals surface area (Å²) >= 11 is 4.55. The molecule has 1 N–H and O–H groups in total. The molecule has 0 fully saturated rings. The Bertz CT molecular complexity index is 295. The molecule has 0 unspecified atom stereocenters. The number of thiazole rings is 1. The quantitative estimate of drug-likeness (QED) is 0.796. The molecule has 0 spiro atoms. The van der Waals surface area contributed by atoms with Gasteiger partial charge in [-0.3, -0.25) is 0 Å². The zero-order valence-corrected chi connectivity index (χ0v) is 7.72. The Balaban J connectivity index is 2.71. The van der Waals surface area contributed by atoms with Crippen LogP contribution in [0.3, 0.4) is 0 Å². The Morgan fingerprint density at radius 2 is 2.55 bits per heavy atom. The SMILES string of the molecule is O=C(O)/C=C/c1cnc(Br)s1. The Morgan fingerprint density at radius 3 is 3.00 bits per heavy atom. The lowest BCUT2D eigenvalue weighted by Gasteiger charge is -1.78. The van der Waals surface area contributed by atoms with Crippen LogP contribution in [-0.4, -0.2) is 16.1 Å². The fraction of sp³-hybridized carbons (Fsp3) is 0. The van der Waals surface area contributed by atoms with Crippen LogP contribution in [0.15, 0.2) is 16.2 Å². The Hall–Kier alpha value is -0.680. The summed E-state index contributed by atoms with van der Waals surface area (Å²) in [4.78, 5) is 14.8. The molecule has 0 radical (unpaired) electrons. The maximum absolute atomic E-state index is 10.1. The van der Waals surface area contributed by atoms with E-state index >= 15 is 0 Å². The number of carboxylic acid groups (broad SMARTS) is 1. The smallest absolute Gasteiger partial charge is 0.328 e. The van der Waals surface area contributed by atoms with Crippen LogP contribution < -0.4 is 0 Å². The number of nitrogens with zero attached hydrogens (tertiary/aromatic N) is 1. The van der Waals surface area contributed by atoms with Crippen molar-refractivity contribution in [2.45, 2.75) is 0 Å². The van der Waals surface area contributed by atoms with Gasteiger partial charge in [0.15, 0.2) is 3.92 Å². The van der Waals surface area contributed by atoms with Gasteiger partial charge in [-0.2, -0.15) is 0 Å². The molecular weight excluding hydrogens is 230 g/mol. The van der Waals surface area contributed by atoms with E-state index < -0.39 is 5.97 Å². The van der Waals surface area contributed by atoms with E-state index in [1.807, 2.05) is 0 Å². The maximum atomic E-state index is 10.1. The molecular formula is C6H4BrNO2S. The molecule has 0 saturated heterocycles. The normalized spacial score (nSPS) is 10.6. The van der Waals surface area contributed by atoms with Gasteiger partial charge in [0, 0.05) is 17.2 Å². The number of carboxylic acids is 1. The van der Waals surface area contributed by atoms with Crippen LogP contribution in [0.4, 0.5) is 0 Å². The molecule has 3 nitrogen and oxygen atoms in total. The average Bonchev–Trinajstić information content (AvgIpc) is 2.31. The van der Waals surface area contributed by atoms with Crippen LogP contribution >= 0.6 is 27.3 Å². The van der Waals surface area contributed by atoms with Crippen molar-refractivity contribution in [3.8, 4) is 0 Å². The van der Waals surface area contributed by atoms with Crippen molar-refractivity contribution in [3.05, 3.63) is 21.1 Å². The van der Waals surface area contributed by atoms with Gasteiger partial charge in [-0.05, 0) is 22.0 Å². The lowest BCUT2D eigenvalue weighted by Crippen LogP contribution is -1.84. The van der Waals surface area contributed by atoms with Crippen LogP contribution in [-0.2, 0) is 4.79 Å². The summed E-state index contributed by atoms with van der Waals surface area (Å²) in [6.07, 6.45) is 4.19. The van der Waals surface area contributed by atoms with Crippen LogP contribution in [0.25, 0.3) is 6.08 Å². The second-order valence-electron chi connectivity index (χ2n) is 1.69. The van der Waals surface area contributed by atoms with E-state index in [1.54, 1.807) is 6.20 Å². The lowest BCUT2D eigenvalue weighted by atomic mass is 10.4. The second-order valence-corrected chi connectivity index (χ2v) is 4.03. The Kier molecular flexibility index (Phi) is 2.78. The average molecular weight is 234 g/mol. The minimum Gasteiger partial charge on any atom is -0.478 e. The molecule has 11 heavy (non-hydrogen) atoms. The van der Waals surface area contributed by atoms with Crippen molar-refractivity contribution in [1.29, 1.82) is 0 Å². The summed E-state index contributed by atoms with van der Waals surface area (Å²) < 4.78 is 0.752. The highest BCUT2D eigenvalue weighted by Crippen LogP contribution is 2.19. The van der Waals surface area contributed by atoms with Gasteiger partial charge in [-0.1, -0.05) is 0 Å². The van der Waals surface area contributed by atoms with Gasteiger partial charge in [0.25, 0.3) is 0 Å². The maximum Gasteiger partial charge on any atom is 0.328 e. The highest BCUT2D eigenvalue weighted by Gasteiger charge is 1.94. The van der Waals surface area contributed by atoms with E-state index in [2.05, 4.69) is 20.9 Å². The van der Waals surface area contributed by atoms with Gasteiger partial charge >= 0.3 is 5.97 Å². The first kappa shape index (κ1) is 8.42. The predicted octanol–water partition coefficient (Wildman–Crippen LogP) is 2.00. The molecule has 5 heteroatoms. The molecule has 1 heterocycles. The number of carbonyl (C=O) groups is 1. The minimum absolute atomic E-state index is 0.752. The van der Waals surface area contributed by atoms with Gasteiger partial charge in [0.1, 0.15) is 0 Å². The molecule has 0 aliphatic carbocycles. The number of halogens is 1. The third-order valence-electron chi connectivity index (χ3n) is 0.886. The molecule has 0 saturated carbocycles. The fourth-order valence-electron chi connectivity index (χ4n) is 0.495. The second kappa shape index (κ2) is 3.64. The molecule has 0 atom stereocenters. The largest absolute Gasteiger partial charge is 0.478 e. The lowest BCUT2D eigenvalue weighted by molar-refractivity contribution is -0.131. The van der Waals surface area contributed by atoms with Gasteiger partial charge in [-0.15, -0.1) is 11.3 Å². The fourth-order valence-corrected chi connectivity index (χ4v) is 1.70. The third kappa shape index (κ3) is 2.81. The van der Waals surface area contributed by atoms with E-state index in [9.17, 15) is 4.79 Å². The van der Waals surface area contributed by atoms with E-state index in [4.69, 9.17) is 5.11 Å². The van der Waals surface area contributed by atoms with Crippen molar-refractivity contribution >= 4 is 39.3 Å². The van der Waals surface area contributed by atoms with Crippen molar-refractivity contribution in [2.24, 2.45) is 0 Å². The molecule has 0 aliphatic rings. The molecule has 0 aromatic carbocycles. The van der Waals surface area contributed by atoms with Crippen molar-refractivity contribution in [1.82, 2.24) is 4.98 Å². The zero-order chi connectivity index (χ0) is 8.27. The summed E-state index contributed by atoms with van der Waals surface area (Å²) in [5.41, 5.74) is 0. The highest BCUT2D eigenvalue weighted by atomic mass is 79.9. The molecule has 0 bridgehead atoms. The van der Waals surface area contributed by atoms with Crippen molar-refractivity contribution < 1.29 is 9.90 Å². The number of hydrogen-bond acceptors (Lipinski definition) is 3. The molecule has 0 amide bonds. The first-order chi connectivity index (χ1) is 5.18. The summed E-state index contributed by atoms with van der Waals surface area (Å²) in [5.74, 6) is -0.950. The van der Waals surface area contributed by atoms with Gasteiger partial charge in [0.2, 0.25) is 0 Å². The molecule has 58 valence electrons. The number of aliphatic carboxylic acids is 1. The monoisotopic (exact) mass is 233 g/mol. The Labute approximate surface area is 75.5 Å². The van der Waals surface area contributed by atoms with Crippen molar-refractivity contribution in [3.63, 3.8) is 0 Å². The molecule has 0 aliphatic heterocycles. The van der Waals surface area contributed by atoms with Crippen LogP contribution in [0.2, 0.25) is 0 Å². The zero-order valence-electron chi connectivity index (χ0n) is 5.32. The molecule has 1 aromatic heterocycles. The number of hydrogen-bond donors (Lipinski definition) is 1. The Morgan fingerprint density at radius 1 is 1.82 bits per heavy atom. The van der Waals surface area contributed by atoms with Gasteiger partial charge in [-0.25, -0.2) is 9.78 Å². The summed E-state index contributed by atoms with van der Waals surface area (Å²) in [7, 11) is 0. The number of aromatic nitrogens is 1. The van der Waals surface area contributed by atoms with Gasteiger partial charge < -0.3 is 5.11 Å². The first-order valence-corrected chi connectivity index (χ1v) is 4.32. The van der Waals surface area contributed by atoms with Crippen LogP contribution in [0.1, 0.15) is 4.88 Å². The third-order valence-corrected chi connectivity index (χ3v) is 2.33. The topological polar surface area (TPSA) is 50.2 Å². The predicted molar refractivity (Wildman–Crippen MR) is 46.5 cm³/mol. The number of rotatable bonds is 2. The van der Waals surface area contributed by atoms with Crippen LogP contribution in [0.5, 0.6) is 0 Å². The van der Waals surface area contributed by atoms with Crippen molar-refractivity contribution in [2.75, 3.05) is 0 Å². The molecule has 1 rings (SSSR count). The van der Waals surface area contributed by atoms with E-state index in [1.165, 1.54) is 17.4 Å². The first-order valence-electron chi connectivity index (χ1n) is 2.71. The van der Waals surface area contributed by atoms with E-state index in [-0.39, 0.29) is 0 Å². The minimum atomic E-state index is -0.950. The standard InChI is InChI=1S/C6H4BrNO2S/c7-6-8-3-4(11-6)1-2-5(9)10/h1-3H,(H,9,10)/b2-1+. The van der Waals surface area contributed by atoms with E-state index in [0.717, 1.165) is 14.9 Å². The van der Waals surface area contributed by atoms with Gasteiger partial charge in [0.05, 0.1) is 0 Å². The summed E-state index contributed by atoms with van der Waals surface area (Å²) in [6, 6.07) is 0. The van der Waals surface area contributed by atoms with E-state index in [0.29, 0.717) is 0 Å². The van der Waals surface area contributed by atoms with Crippen LogP contribution in [0, 0.1) is 0 Å². The highest BCUT2D eigenvalue weighted by molar-refractivity contribution is 9.11. The summed E-state index contributed by atoms with van der Waals surface area (Å²) in [6.45, 7) is 0. The molecule has 1 aromatic rings. The summed E-state index contributed by atoms with van der Waals surface area (Å²) in [5, 5.41) is 8.27.